The van der Waals surface area contributed by atoms with E-state index in [-0.39, 0.29) is 35.0 Å². The van der Waals surface area contributed by atoms with E-state index in [2.05, 4.69) is 6.58 Å². The second-order valence-corrected chi connectivity index (χ2v) is 8.37. The van der Waals surface area contributed by atoms with Crippen molar-refractivity contribution in [3.05, 3.63) is 58.4 Å². The first kappa shape index (κ1) is 25.2. The summed E-state index contributed by atoms with van der Waals surface area (Å²) >= 11 is 0. The normalized spacial score (nSPS) is 23.9. The largest absolute Gasteiger partial charge is 0.454 e. The van der Waals surface area contributed by atoms with E-state index in [1.54, 1.807) is 33.8 Å². The van der Waals surface area contributed by atoms with Crippen LogP contribution < -0.4 is 0 Å². The predicted octanol–water partition coefficient (Wildman–Crippen LogP) is 3.85. The lowest BCUT2D eigenvalue weighted by atomic mass is 9.88. The predicted molar refractivity (Wildman–Crippen MR) is 118 cm³/mol. The van der Waals surface area contributed by atoms with Crippen LogP contribution >= 0.6 is 0 Å². The second kappa shape index (κ2) is 9.61. The average Bonchev–Trinajstić information content (AvgIpc) is 3.36. The molecule has 2 rings (SSSR count). The van der Waals surface area contributed by atoms with Gasteiger partial charge in [0.15, 0.2) is 17.1 Å². The molecule has 1 heterocycles. The van der Waals surface area contributed by atoms with Crippen molar-refractivity contribution in [1.29, 1.82) is 0 Å². The van der Waals surface area contributed by atoms with Crippen molar-refractivity contribution < 1.29 is 33.4 Å². The molecule has 7 heteroatoms. The summed E-state index contributed by atoms with van der Waals surface area (Å²) in [7, 11) is 0. The Morgan fingerprint density at radius 2 is 1.88 bits per heavy atom. The molecule has 0 aromatic carbocycles. The minimum atomic E-state index is -1.15. The van der Waals surface area contributed by atoms with Gasteiger partial charge in [-0.2, -0.15) is 0 Å². The first-order valence-corrected chi connectivity index (χ1v) is 10.4. The number of hydrogen-bond acceptors (Lipinski definition) is 7. The lowest BCUT2D eigenvalue weighted by Gasteiger charge is -2.24. The summed E-state index contributed by atoms with van der Waals surface area (Å²) in [5.74, 6) is -2.82. The van der Waals surface area contributed by atoms with Crippen LogP contribution in [0, 0.1) is 0 Å². The van der Waals surface area contributed by atoms with E-state index in [1.807, 2.05) is 19.9 Å². The monoisotopic (exact) mass is 442 g/mol. The fourth-order valence-electron chi connectivity index (χ4n) is 2.93. The first-order valence-electron chi connectivity index (χ1n) is 10.4. The molecule has 0 bridgehead atoms. The molecule has 32 heavy (non-hydrogen) atoms. The van der Waals surface area contributed by atoms with Crippen molar-refractivity contribution in [2.24, 2.45) is 0 Å². The van der Waals surface area contributed by atoms with E-state index in [4.69, 9.17) is 14.2 Å². The molecular weight excluding hydrogens is 412 g/mol. The lowest BCUT2D eigenvalue weighted by Crippen LogP contribution is -2.31. The molecule has 172 valence electrons. The van der Waals surface area contributed by atoms with E-state index in [0.29, 0.717) is 5.57 Å². The van der Waals surface area contributed by atoms with Crippen LogP contribution in [0.15, 0.2) is 58.4 Å². The van der Waals surface area contributed by atoms with Gasteiger partial charge in [0, 0.05) is 23.1 Å². The molecule has 0 aromatic heterocycles. The van der Waals surface area contributed by atoms with Crippen LogP contribution in [-0.4, -0.2) is 41.3 Å². The maximum absolute atomic E-state index is 13.2. The molecule has 0 amide bonds. The fourth-order valence-corrected chi connectivity index (χ4v) is 2.93. The van der Waals surface area contributed by atoms with Gasteiger partial charge in [-0.1, -0.05) is 24.3 Å². The number of rotatable bonds is 8. The number of hydrogen-bond donors (Lipinski definition) is 0. The van der Waals surface area contributed by atoms with Gasteiger partial charge in [0.2, 0.25) is 5.78 Å². The molecule has 1 aliphatic carbocycles. The number of esters is 2. The quantitative estimate of drug-likeness (QED) is 0.185. The number of epoxide rings is 1. The van der Waals surface area contributed by atoms with Crippen LogP contribution in [0.2, 0.25) is 0 Å². The molecule has 3 unspecified atom stereocenters. The molecule has 1 fully saturated rings. The molecule has 7 nitrogen and oxygen atoms in total. The van der Waals surface area contributed by atoms with E-state index in [1.165, 1.54) is 6.92 Å². The van der Waals surface area contributed by atoms with Gasteiger partial charge in [0.1, 0.15) is 6.10 Å². The van der Waals surface area contributed by atoms with Gasteiger partial charge >= 0.3 is 11.9 Å². The Bertz CT molecular complexity index is 1000. The van der Waals surface area contributed by atoms with Crippen LogP contribution in [0.3, 0.4) is 0 Å². The standard InChI is InChI=1S/C25H30O7/c1-9-14(4)23(28)30-20(11-10-13(2)3)15(5)18-12-19(26)16(6)22(21(18)27)31-24(29)25(8)17(7)32-25/h9-10,12,17,20H,5,11H2,1-4,6-8H3. The molecule has 0 N–H and O–H groups in total. The Morgan fingerprint density at radius 1 is 1.28 bits per heavy atom. The molecule has 0 aromatic rings. The Morgan fingerprint density at radius 3 is 2.38 bits per heavy atom. The van der Waals surface area contributed by atoms with Gasteiger partial charge < -0.3 is 14.2 Å². The van der Waals surface area contributed by atoms with Crippen molar-refractivity contribution in [2.75, 3.05) is 0 Å². The molecule has 3 atom stereocenters. The molecule has 2 aliphatic rings. The summed E-state index contributed by atoms with van der Waals surface area (Å²) in [6, 6.07) is 0. The minimum absolute atomic E-state index is 0.0133. The second-order valence-electron chi connectivity index (χ2n) is 8.37. The van der Waals surface area contributed by atoms with E-state index in [0.717, 1.165) is 11.6 Å². The van der Waals surface area contributed by atoms with Crippen molar-refractivity contribution in [2.45, 2.75) is 72.7 Å². The van der Waals surface area contributed by atoms with Crippen molar-refractivity contribution in [3.8, 4) is 0 Å². The Hall–Kier alpha value is -3.06. The summed E-state index contributed by atoms with van der Waals surface area (Å²) in [5, 5.41) is 0. The Kier molecular flexibility index (Phi) is 7.57. The maximum Gasteiger partial charge on any atom is 0.346 e. The van der Waals surface area contributed by atoms with E-state index >= 15 is 0 Å². The van der Waals surface area contributed by atoms with Gasteiger partial charge in [0.05, 0.1) is 6.10 Å². The van der Waals surface area contributed by atoms with Crippen LogP contribution in [0.25, 0.3) is 0 Å². The number of ketones is 2. The summed E-state index contributed by atoms with van der Waals surface area (Å²) in [6.07, 6.45) is 3.64. The summed E-state index contributed by atoms with van der Waals surface area (Å²) in [5.41, 5.74) is 0.341. The Balaban J connectivity index is 2.33. The van der Waals surface area contributed by atoms with E-state index in [9.17, 15) is 19.2 Å². The third-order valence-corrected chi connectivity index (χ3v) is 5.66. The summed E-state index contributed by atoms with van der Waals surface area (Å²) in [4.78, 5) is 50.6. The highest BCUT2D eigenvalue weighted by Crippen LogP contribution is 2.38. The molecule has 0 spiro atoms. The fraction of sp³-hybridized carbons (Fsp3) is 0.440. The van der Waals surface area contributed by atoms with Crippen LogP contribution in [0.4, 0.5) is 0 Å². The summed E-state index contributed by atoms with van der Waals surface area (Å²) < 4.78 is 16.1. The third kappa shape index (κ3) is 5.22. The van der Waals surface area contributed by atoms with Gasteiger partial charge in [-0.25, -0.2) is 9.59 Å². The lowest BCUT2D eigenvalue weighted by molar-refractivity contribution is -0.147. The van der Waals surface area contributed by atoms with Crippen LogP contribution in [0.1, 0.15) is 54.9 Å². The van der Waals surface area contributed by atoms with Crippen molar-refractivity contribution >= 4 is 23.5 Å². The minimum Gasteiger partial charge on any atom is -0.454 e. The number of carbonyl (C=O) groups is 4. The highest BCUT2D eigenvalue weighted by atomic mass is 16.7. The SMILES string of the molecule is C=C(C1=CC(=O)C(C)=C(OC(=O)C2(C)OC2C)C1=O)C(CC=C(C)C)OC(=O)C(C)=CC. The van der Waals surface area contributed by atoms with Crippen LogP contribution in [0.5, 0.6) is 0 Å². The highest BCUT2D eigenvalue weighted by molar-refractivity contribution is 6.24. The van der Waals surface area contributed by atoms with Gasteiger partial charge in [0.25, 0.3) is 0 Å². The highest BCUT2D eigenvalue weighted by Gasteiger charge is 2.58. The molecule has 0 saturated carbocycles. The molecule has 1 aliphatic heterocycles. The molecule has 0 radical (unpaired) electrons. The number of Topliss-reactive ketones (excluding diaryl/α,β-unsaturated/α-hetero) is 1. The van der Waals surface area contributed by atoms with Gasteiger partial charge in [-0.15, -0.1) is 0 Å². The van der Waals surface area contributed by atoms with Crippen molar-refractivity contribution in [1.82, 2.24) is 0 Å². The topological polar surface area (TPSA) is 99.3 Å². The summed E-state index contributed by atoms with van der Waals surface area (Å²) in [6.45, 7) is 15.7. The zero-order chi connectivity index (χ0) is 24.4. The smallest absolute Gasteiger partial charge is 0.346 e. The third-order valence-electron chi connectivity index (χ3n) is 5.66. The molecular formula is C25H30O7. The average molecular weight is 443 g/mol. The molecule has 1 saturated heterocycles. The number of allylic oxidation sites excluding steroid dienone is 5. The zero-order valence-corrected chi connectivity index (χ0v) is 19.7. The number of ether oxygens (including phenoxy) is 3. The van der Waals surface area contributed by atoms with Gasteiger partial charge in [-0.3, -0.25) is 9.59 Å². The van der Waals surface area contributed by atoms with Crippen LogP contribution in [-0.2, 0) is 33.4 Å². The zero-order valence-electron chi connectivity index (χ0n) is 19.7. The van der Waals surface area contributed by atoms with E-state index < -0.39 is 35.2 Å². The first-order chi connectivity index (χ1) is 14.8. The Labute approximate surface area is 188 Å². The van der Waals surface area contributed by atoms with Crippen molar-refractivity contribution in [3.63, 3.8) is 0 Å². The maximum atomic E-state index is 13.2. The van der Waals surface area contributed by atoms with Gasteiger partial charge in [-0.05, 0) is 60.1 Å². The number of carbonyl (C=O) groups excluding carboxylic acids is 4.